The Hall–Kier alpha value is -4.71. The van der Waals surface area contributed by atoms with Crippen molar-refractivity contribution in [3.8, 4) is 5.75 Å². The van der Waals surface area contributed by atoms with Crippen molar-refractivity contribution in [2.75, 3.05) is 20.6 Å². The largest absolute Gasteiger partial charge is 0.485 e. The van der Waals surface area contributed by atoms with Crippen molar-refractivity contribution in [2.45, 2.75) is 84.2 Å². The van der Waals surface area contributed by atoms with E-state index in [0.717, 1.165) is 22.9 Å². The first-order chi connectivity index (χ1) is 23.1. The SMILES string of the molecule is CC[C@H](C)[C@@H](C(=O)N[C@H](C(=O)N[C@@H]1C(=O)N[C@@H](Cc2c[nH]c3ccccc23)C(=O)NCC(=O)c2ccc(cc2)OC1(C)C)C(C)C)N(C)C. The Labute approximate surface area is 288 Å². The number of likely N-dealkylation sites (N-methyl/N-ethyl adjacent to an activating group) is 1. The third kappa shape index (κ3) is 8.86. The van der Waals surface area contributed by atoms with Gasteiger partial charge in [0.1, 0.15) is 29.5 Å². The number of Topliss-reactive ketones (excluding diaryl/α,β-unsaturated/α-hetero) is 1. The smallest absolute Gasteiger partial charge is 0.247 e. The molecule has 5 N–H and O–H groups in total. The second-order valence-electron chi connectivity index (χ2n) is 14.0. The number of fused-ring (bicyclic) bond motifs is 12. The molecule has 2 aliphatic heterocycles. The fraction of sp³-hybridized carbons (Fsp3) is 0.486. The molecule has 3 aromatic rings. The number of benzene rings is 2. The Morgan fingerprint density at radius 2 is 1.65 bits per heavy atom. The number of hydrogen-bond acceptors (Lipinski definition) is 7. The molecule has 0 radical (unpaired) electrons. The van der Waals surface area contributed by atoms with Gasteiger partial charge in [-0.3, -0.25) is 28.9 Å². The highest BCUT2D eigenvalue weighted by atomic mass is 16.5. The number of carbonyl (C=O) groups excluding carboxylic acids is 5. The molecule has 3 heterocycles. The van der Waals surface area contributed by atoms with Crippen LogP contribution in [-0.2, 0) is 25.6 Å². The van der Waals surface area contributed by atoms with E-state index in [1.165, 1.54) is 0 Å². The zero-order valence-corrected chi connectivity index (χ0v) is 29.7. The van der Waals surface area contributed by atoms with Gasteiger partial charge in [-0.05, 0) is 75.7 Å². The molecule has 0 unspecified atom stereocenters. The number of ether oxygens (including phenoxy) is 1. The summed E-state index contributed by atoms with van der Waals surface area (Å²) in [5.41, 5.74) is 0.683. The number of carbonyl (C=O) groups is 5. The number of rotatable bonds is 10. The van der Waals surface area contributed by atoms with Crippen molar-refractivity contribution in [2.24, 2.45) is 11.8 Å². The van der Waals surface area contributed by atoms with Crippen LogP contribution in [0.4, 0.5) is 0 Å². The first-order valence-electron chi connectivity index (χ1n) is 16.8. The van der Waals surface area contributed by atoms with Gasteiger partial charge in [0.05, 0.1) is 12.6 Å². The van der Waals surface area contributed by atoms with Crippen LogP contribution in [0.5, 0.6) is 5.75 Å². The van der Waals surface area contributed by atoms with E-state index in [2.05, 4.69) is 26.3 Å². The van der Waals surface area contributed by atoms with Crippen molar-refractivity contribution >= 4 is 40.3 Å². The lowest BCUT2D eigenvalue weighted by molar-refractivity contribution is -0.138. The lowest BCUT2D eigenvalue weighted by Gasteiger charge is -2.37. The molecule has 2 aliphatic rings. The molecule has 0 aliphatic carbocycles. The number of hydrogen-bond donors (Lipinski definition) is 5. The van der Waals surface area contributed by atoms with E-state index in [0.29, 0.717) is 11.3 Å². The van der Waals surface area contributed by atoms with Gasteiger partial charge in [-0.15, -0.1) is 0 Å². The summed E-state index contributed by atoms with van der Waals surface area (Å²) in [6, 6.07) is 10.2. The van der Waals surface area contributed by atoms with Crippen molar-refractivity contribution in [3.05, 3.63) is 65.9 Å². The van der Waals surface area contributed by atoms with E-state index in [-0.39, 0.29) is 36.5 Å². The molecule has 0 spiro atoms. The van der Waals surface area contributed by atoms with Crippen LogP contribution >= 0.6 is 0 Å². The fourth-order valence-corrected chi connectivity index (χ4v) is 6.23. The third-order valence-corrected chi connectivity index (χ3v) is 9.21. The van der Waals surface area contributed by atoms with Crippen molar-refractivity contribution < 1.29 is 28.7 Å². The minimum atomic E-state index is -1.36. The summed E-state index contributed by atoms with van der Waals surface area (Å²) in [6.45, 7) is 10.7. The van der Waals surface area contributed by atoms with Crippen molar-refractivity contribution in [1.82, 2.24) is 31.2 Å². The molecule has 49 heavy (non-hydrogen) atoms. The Morgan fingerprint density at radius 1 is 0.980 bits per heavy atom. The van der Waals surface area contributed by atoms with E-state index in [1.807, 2.05) is 71.0 Å². The second kappa shape index (κ2) is 15.7. The number of aromatic amines is 1. The fourth-order valence-electron chi connectivity index (χ4n) is 6.23. The molecule has 5 rings (SSSR count). The van der Waals surface area contributed by atoms with Gasteiger partial charge in [-0.2, -0.15) is 0 Å². The summed E-state index contributed by atoms with van der Waals surface area (Å²) < 4.78 is 6.29. The quantitative estimate of drug-likeness (QED) is 0.221. The lowest BCUT2D eigenvalue weighted by Crippen LogP contribution is -2.65. The van der Waals surface area contributed by atoms with Crippen LogP contribution in [-0.4, -0.2) is 89.7 Å². The number of ketones is 1. The van der Waals surface area contributed by atoms with Gasteiger partial charge in [-0.1, -0.05) is 52.3 Å². The predicted molar refractivity (Wildman–Crippen MR) is 188 cm³/mol. The molecule has 2 aromatic carbocycles. The average Bonchev–Trinajstić information content (AvgIpc) is 3.46. The minimum Gasteiger partial charge on any atom is -0.485 e. The molecule has 4 amide bonds. The normalized spacial score (nSPS) is 20.2. The first kappa shape index (κ1) is 37.1. The Balaban J connectivity index is 1.69. The van der Waals surface area contributed by atoms with Crippen LogP contribution in [0.2, 0.25) is 0 Å². The number of nitrogens with zero attached hydrogens (tertiary/aromatic N) is 1. The Morgan fingerprint density at radius 3 is 2.29 bits per heavy atom. The zero-order chi connectivity index (χ0) is 36.0. The monoisotopic (exact) mass is 674 g/mol. The molecule has 2 bridgehead atoms. The number of nitrogens with one attached hydrogen (secondary N) is 5. The van der Waals surface area contributed by atoms with E-state index < -0.39 is 47.5 Å². The average molecular weight is 675 g/mol. The second-order valence-corrected chi connectivity index (χ2v) is 14.0. The molecule has 264 valence electrons. The van der Waals surface area contributed by atoms with Gasteiger partial charge >= 0.3 is 0 Å². The van der Waals surface area contributed by atoms with Gasteiger partial charge in [0.2, 0.25) is 23.6 Å². The molecule has 12 heteroatoms. The molecule has 5 atom stereocenters. The highest BCUT2D eigenvalue weighted by molar-refractivity contribution is 6.01. The van der Waals surface area contributed by atoms with Gasteiger partial charge < -0.3 is 31.0 Å². The topological polar surface area (TPSA) is 162 Å². The van der Waals surface area contributed by atoms with E-state index in [1.54, 1.807) is 44.3 Å². The molecular weight excluding hydrogens is 624 g/mol. The zero-order valence-electron chi connectivity index (χ0n) is 29.7. The number of aromatic nitrogens is 1. The summed E-state index contributed by atoms with van der Waals surface area (Å²) >= 11 is 0. The molecule has 1 aromatic heterocycles. The summed E-state index contributed by atoms with van der Waals surface area (Å²) in [5, 5.41) is 12.2. The van der Waals surface area contributed by atoms with Crippen molar-refractivity contribution in [1.29, 1.82) is 0 Å². The van der Waals surface area contributed by atoms with Crippen molar-refractivity contribution in [3.63, 3.8) is 0 Å². The van der Waals surface area contributed by atoms with Crippen LogP contribution in [0.25, 0.3) is 10.9 Å². The standard InChI is InChI=1S/C37H50N6O6/c1-9-22(4)31(43(7)8)35(47)41-30(21(2)3)34(46)42-32-36(48)40-28(18-24-19-38-27-13-11-10-12-26(24)27)33(45)39-20-29(44)23-14-16-25(17-15-23)49-37(32,5)6/h10-17,19,21-22,28,30-32,38H,9,18,20H2,1-8H3,(H,39,45)(H,40,48)(H,41,47)(H,42,46)/t22-,28-,30-,31-,32+/m0/s1. The lowest BCUT2D eigenvalue weighted by atomic mass is 9.93. The Bertz CT molecular complexity index is 1660. The Kier molecular flexibility index (Phi) is 11.9. The van der Waals surface area contributed by atoms with Crippen LogP contribution < -0.4 is 26.0 Å². The van der Waals surface area contributed by atoms with Gasteiger partial charge in [0.15, 0.2) is 5.78 Å². The van der Waals surface area contributed by atoms with Gasteiger partial charge in [0.25, 0.3) is 0 Å². The maximum absolute atomic E-state index is 14.3. The molecular formula is C37H50N6O6. The molecule has 12 nitrogen and oxygen atoms in total. The van der Waals surface area contributed by atoms with Crippen LogP contribution in [0.15, 0.2) is 54.7 Å². The summed E-state index contributed by atoms with van der Waals surface area (Å²) in [5.74, 6) is -2.29. The maximum atomic E-state index is 14.3. The first-order valence-corrected chi connectivity index (χ1v) is 16.8. The van der Waals surface area contributed by atoms with E-state index in [9.17, 15) is 24.0 Å². The summed E-state index contributed by atoms with van der Waals surface area (Å²) in [4.78, 5) is 73.4. The van der Waals surface area contributed by atoms with Crippen LogP contribution in [0.1, 0.15) is 63.9 Å². The highest BCUT2D eigenvalue weighted by Crippen LogP contribution is 2.24. The number of amides is 4. The van der Waals surface area contributed by atoms with E-state index >= 15 is 0 Å². The molecule has 0 fully saturated rings. The van der Waals surface area contributed by atoms with Gasteiger partial charge in [0, 0.05) is 29.1 Å². The summed E-state index contributed by atoms with van der Waals surface area (Å²) in [7, 11) is 3.65. The minimum absolute atomic E-state index is 0.0329. The maximum Gasteiger partial charge on any atom is 0.247 e. The highest BCUT2D eigenvalue weighted by Gasteiger charge is 2.42. The number of para-hydroxylation sites is 1. The van der Waals surface area contributed by atoms with Crippen LogP contribution in [0, 0.1) is 11.8 Å². The molecule has 0 saturated heterocycles. The molecule has 0 saturated carbocycles. The number of H-pyrrole nitrogens is 1. The predicted octanol–water partition coefficient (Wildman–Crippen LogP) is 2.97. The van der Waals surface area contributed by atoms with E-state index in [4.69, 9.17) is 4.74 Å². The van der Waals surface area contributed by atoms with Gasteiger partial charge in [-0.25, -0.2) is 0 Å². The van der Waals surface area contributed by atoms with Crippen LogP contribution in [0.3, 0.4) is 0 Å². The summed E-state index contributed by atoms with van der Waals surface area (Å²) in [6.07, 6.45) is 2.66. The third-order valence-electron chi connectivity index (χ3n) is 9.21.